The van der Waals surface area contributed by atoms with Gasteiger partial charge in [-0.2, -0.15) is 0 Å². The van der Waals surface area contributed by atoms with Crippen LogP contribution in [0, 0.1) is 0 Å². The fourth-order valence-electron chi connectivity index (χ4n) is 2.68. The molecule has 3 aromatic carbocycles. The van der Waals surface area contributed by atoms with Gasteiger partial charge in [0.05, 0.1) is 0 Å². The van der Waals surface area contributed by atoms with Gasteiger partial charge in [-0.05, 0) is 35.2 Å². The molecule has 3 aromatic rings. The molecule has 0 aliphatic rings. The third kappa shape index (κ3) is 3.03. The third-order valence-corrected chi connectivity index (χ3v) is 3.89. The Kier molecular flexibility index (Phi) is 4.26. The topological polar surface area (TPSA) is 67.2 Å². The van der Waals surface area contributed by atoms with Crippen LogP contribution < -0.4 is 16.4 Å². The molecule has 0 aliphatic heterocycles. The van der Waals surface area contributed by atoms with Crippen LogP contribution in [0.4, 0.5) is 11.4 Å². The van der Waals surface area contributed by atoms with Crippen LogP contribution in [0.2, 0.25) is 0 Å². The first-order valence-electron chi connectivity index (χ1n) is 7.53. The average molecular weight is 305 g/mol. The van der Waals surface area contributed by atoms with Gasteiger partial charge in [-0.25, -0.2) is 0 Å². The molecule has 4 nitrogen and oxygen atoms in total. The molecule has 0 saturated carbocycles. The Morgan fingerprint density at radius 1 is 1.00 bits per heavy atom. The van der Waals surface area contributed by atoms with Gasteiger partial charge in [0.15, 0.2) is 0 Å². The highest BCUT2D eigenvalue weighted by molar-refractivity contribution is 6.09. The molecule has 4 heteroatoms. The molecule has 0 atom stereocenters. The Balaban J connectivity index is 1.92. The molecule has 0 spiro atoms. The normalized spacial score (nSPS) is 10.5. The summed E-state index contributed by atoms with van der Waals surface area (Å²) in [6.45, 7) is 0.381. The number of nitrogens with one attached hydrogen (secondary N) is 2. The highest BCUT2D eigenvalue weighted by Crippen LogP contribution is 2.24. The van der Waals surface area contributed by atoms with Crippen LogP contribution in [0.25, 0.3) is 10.8 Å². The Bertz CT molecular complexity index is 853. The van der Waals surface area contributed by atoms with E-state index in [1.54, 1.807) is 6.07 Å². The summed E-state index contributed by atoms with van der Waals surface area (Å²) in [6.07, 6.45) is 0. The molecule has 116 valence electrons. The first kappa shape index (κ1) is 15.1. The molecule has 0 aliphatic carbocycles. The lowest BCUT2D eigenvalue weighted by Crippen LogP contribution is -2.13. The van der Waals surface area contributed by atoms with Crippen molar-refractivity contribution in [2.45, 2.75) is 6.54 Å². The molecule has 3 rings (SSSR count). The standard InChI is InChI=1S/C19H19N3O/c1-21-17-10-9-14(11-15(17)12-20)19(23)22-18-8-4-6-13-5-2-3-7-16(13)18/h2-11,21H,12,20H2,1H3,(H,22,23). The Labute approximate surface area is 135 Å². The minimum Gasteiger partial charge on any atom is -0.388 e. The number of anilines is 2. The number of benzene rings is 3. The van der Waals surface area contributed by atoms with Crippen LogP contribution >= 0.6 is 0 Å². The van der Waals surface area contributed by atoms with E-state index in [9.17, 15) is 4.79 Å². The molecule has 4 N–H and O–H groups in total. The molecule has 23 heavy (non-hydrogen) atoms. The number of rotatable bonds is 4. The molecule has 0 fully saturated rings. The van der Waals surface area contributed by atoms with Crippen molar-refractivity contribution < 1.29 is 4.79 Å². The van der Waals surface area contributed by atoms with Gasteiger partial charge in [-0.15, -0.1) is 0 Å². The summed E-state index contributed by atoms with van der Waals surface area (Å²) in [6, 6.07) is 19.3. The molecular weight excluding hydrogens is 286 g/mol. The zero-order valence-corrected chi connectivity index (χ0v) is 13.0. The number of carbonyl (C=O) groups is 1. The molecule has 0 unspecified atom stereocenters. The minimum atomic E-state index is -0.140. The maximum absolute atomic E-state index is 12.6. The Morgan fingerprint density at radius 3 is 2.57 bits per heavy atom. The molecule has 1 amide bonds. The second kappa shape index (κ2) is 6.50. The van der Waals surface area contributed by atoms with E-state index in [1.165, 1.54) is 0 Å². The van der Waals surface area contributed by atoms with E-state index >= 15 is 0 Å². The Hall–Kier alpha value is -2.85. The second-order valence-electron chi connectivity index (χ2n) is 5.31. The quantitative estimate of drug-likeness (QED) is 0.690. The molecule has 0 aromatic heterocycles. The average Bonchev–Trinajstić information content (AvgIpc) is 2.61. The van der Waals surface area contributed by atoms with Gasteiger partial charge in [-0.3, -0.25) is 4.79 Å². The van der Waals surface area contributed by atoms with E-state index in [-0.39, 0.29) is 5.91 Å². The van der Waals surface area contributed by atoms with Gasteiger partial charge >= 0.3 is 0 Å². The Morgan fingerprint density at radius 2 is 1.78 bits per heavy atom. The van der Waals surface area contributed by atoms with Crippen LogP contribution in [0.3, 0.4) is 0 Å². The third-order valence-electron chi connectivity index (χ3n) is 3.89. The summed E-state index contributed by atoms with van der Waals surface area (Å²) in [5, 5.41) is 8.18. The van der Waals surface area contributed by atoms with E-state index in [0.29, 0.717) is 12.1 Å². The van der Waals surface area contributed by atoms with Gasteiger partial charge in [-0.1, -0.05) is 36.4 Å². The summed E-state index contributed by atoms with van der Waals surface area (Å²) in [5.41, 5.74) is 9.00. The van der Waals surface area contributed by atoms with E-state index in [0.717, 1.165) is 27.7 Å². The highest BCUT2D eigenvalue weighted by Gasteiger charge is 2.10. The molecule has 0 radical (unpaired) electrons. The molecule has 0 heterocycles. The van der Waals surface area contributed by atoms with Gasteiger partial charge < -0.3 is 16.4 Å². The van der Waals surface area contributed by atoms with Crippen molar-refractivity contribution in [3.63, 3.8) is 0 Å². The SMILES string of the molecule is CNc1ccc(C(=O)Nc2cccc3ccccc23)cc1CN. The van der Waals surface area contributed by atoms with Gasteiger partial charge in [0.1, 0.15) is 0 Å². The predicted molar refractivity (Wildman–Crippen MR) is 95.8 cm³/mol. The molecule has 0 saturated heterocycles. The van der Waals surface area contributed by atoms with Crippen molar-refractivity contribution in [1.29, 1.82) is 0 Å². The lowest BCUT2D eigenvalue weighted by molar-refractivity contribution is 0.102. The van der Waals surface area contributed by atoms with Crippen molar-refractivity contribution >= 4 is 28.1 Å². The maximum atomic E-state index is 12.6. The minimum absolute atomic E-state index is 0.140. The van der Waals surface area contributed by atoms with E-state index in [4.69, 9.17) is 5.73 Å². The summed E-state index contributed by atoms with van der Waals surface area (Å²) < 4.78 is 0. The zero-order chi connectivity index (χ0) is 16.2. The number of amides is 1. The largest absolute Gasteiger partial charge is 0.388 e. The first-order chi connectivity index (χ1) is 11.2. The fourth-order valence-corrected chi connectivity index (χ4v) is 2.68. The summed E-state index contributed by atoms with van der Waals surface area (Å²) in [4.78, 5) is 12.6. The first-order valence-corrected chi connectivity index (χ1v) is 7.53. The van der Waals surface area contributed by atoms with Crippen LogP contribution in [-0.4, -0.2) is 13.0 Å². The number of nitrogens with two attached hydrogens (primary N) is 1. The van der Waals surface area contributed by atoms with Crippen molar-refractivity contribution in [2.75, 3.05) is 17.7 Å². The van der Waals surface area contributed by atoms with E-state index in [2.05, 4.69) is 10.6 Å². The molecule has 0 bridgehead atoms. The predicted octanol–water partition coefficient (Wildman–Crippen LogP) is 3.59. The van der Waals surface area contributed by atoms with E-state index in [1.807, 2.05) is 61.6 Å². The monoisotopic (exact) mass is 305 g/mol. The van der Waals surface area contributed by atoms with Crippen LogP contribution in [0.5, 0.6) is 0 Å². The van der Waals surface area contributed by atoms with Crippen molar-refractivity contribution in [1.82, 2.24) is 0 Å². The van der Waals surface area contributed by atoms with E-state index < -0.39 is 0 Å². The number of hydrogen-bond donors (Lipinski definition) is 3. The highest BCUT2D eigenvalue weighted by atomic mass is 16.1. The number of carbonyl (C=O) groups excluding carboxylic acids is 1. The van der Waals surface area contributed by atoms with Crippen molar-refractivity contribution in [3.05, 3.63) is 71.8 Å². The van der Waals surface area contributed by atoms with Crippen LogP contribution in [0.15, 0.2) is 60.7 Å². The van der Waals surface area contributed by atoms with Crippen molar-refractivity contribution in [3.8, 4) is 0 Å². The van der Waals surface area contributed by atoms with Crippen LogP contribution in [-0.2, 0) is 6.54 Å². The zero-order valence-electron chi connectivity index (χ0n) is 13.0. The number of fused-ring (bicyclic) bond motifs is 1. The van der Waals surface area contributed by atoms with Gasteiger partial charge in [0.2, 0.25) is 0 Å². The molecular formula is C19H19N3O. The van der Waals surface area contributed by atoms with Gasteiger partial charge in [0.25, 0.3) is 5.91 Å². The van der Waals surface area contributed by atoms with Gasteiger partial charge in [0, 0.05) is 35.9 Å². The van der Waals surface area contributed by atoms with Crippen molar-refractivity contribution in [2.24, 2.45) is 5.73 Å². The maximum Gasteiger partial charge on any atom is 0.255 e. The lowest BCUT2D eigenvalue weighted by Gasteiger charge is -2.11. The fraction of sp³-hybridized carbons (Fsp3) is 0.105. The lowest BCUT2D eigenvalue weighted by atomic mass is 10.1. The summed E-state index contributed by atoms with van der Waals surface area (Å²) >= 11 is 0. The number of hydrogen-bond acceptors (Lipinski definition) is 3. The summed E-state index contributed by atoms with van der Waals surface area (Å²) in [5.74, 6) is -0.140. The second-order valence-corrected chi connectivity index (χ2v) is 5.31. The smallest absolute Gasteiger partial charge is 0.255 e. The summed E-state index contributed by atoms with van der Waals surface area (Å²) in [7, 11) is 1.84. The van der Waals surface area contributed by atoms with Crippen LogP contribution in [0.1, 0.15) is 15.9 Å².